The highest BCUT2D eigenvalue weighted by Crippen LogP contribution is 2.30. The lowest BCUT2D eigenvalue weighted by Gasteiger charge is -2.07. The van der Waals surface area contributed by atoms with Crippen molar-refractivity contribution < 1.29 is 9.59 Å². The second-order valence-corrected chi connectivity index (χ2v) is 6.43. The molecule has 6 heteroatoms. The molecule has 0 bridgehead atoms. The van der Waals surface area contributed by atoms with E-state index in [4.69, 9.17) is 11.6 Å². The van der Waals surface area contributed by atoms with Crippen molar-refractivity contribution >= 4 is 34.8 Å². The standard InChI is InChI=1S/C19H18ClN3O2/c1-12(22-23-19(25)14-7-9-16(20)10-8-14)15-3-2-4-17(11-15)21-18(24)13-5-6-13/h2-4,7-11,13H,5-6H2,1H3,(H,21,24)(H,23,25)/b22-12+. The molecule has 2 amide bonds. The first-order chi connectivity index (χ1) is 12.0. The first kappa shape index (κ1) is 17.2. The molecular weight excluding hydrogens is 338 g/mol. The van der Waals surface area contributed by atoms with E-state index in [1.165, 1.54) is 0 Å². The van der Waals surface area contributed by atoms with Crippen LogP contribution in [0.5, 0.6) is 0 Å². The largest absolute Gasteiger partial charge is 0.326 e. The topological polar surface area (TPSA) is 70.6 Å². The van der Waals surface area contributed by atoms with Gasteiger partial charge in [-0.1, -0.05) is 23.7 Å². The van der Waals surface area contributed by atoms with E-state index in [2.05, 4.69) is 15.8 Å². The molecule has 0 saturated heterocycles. The SMILES string of the molecule is C/C(=N\NC(=O)c1ccc(Cl)cc1)c1cccc(NC(=O)C2CC2)c1. The fraction of sp³-hybridized carbons (Fsp3) is 0.211. The van der Waals surface area contributed by atoms with E-state index in [0.29, 0.717) is 16.3 Å². The van der Waals surface area contributed by atoms with Crippen LogP contribution in [0.1, 0.15) is 35.7 Å². The van der Waals surface area contributed by atoms with E-state index in [9.17, 15) is 9.59 Å². The summed E-state index contributed by atoms with van der Waals surface area (Å²) in [6, 6.07) is 14.0. The molecule has 1 aliphatic rings. The van der Waals surface area contributed by atoms with Gasteiger partial charge < -0.3 is 5.32 Å². The maximum atomic E-state index is 12.1. The fourth-order valence-electron chi connectivity index (χ4n) is 2.28. The average molecular weight is 356 g/mol. The lowest BCUT2D eigenvalue weighted by molar-refractivity contribution is -0.117. The molecular formula is C19H18ClN3O2. The van der Waals surface area contributed by atoms with Gasteiger partial charge in [0.1, 0.15) is 0 Å². The molecule has 0 aromatic heterocycles. The molecule has 25 heavy (non-hydrogen) atoms. The van der Waals surface area contributed by atoms with Gasteiger partial charge in [-0.25, -0.2) is 5.43 Å². The highest BCUT2D eigenvalue weighted by atomic mass is 35.5. The summed E-state index contributed by atoms with van der Waals surface area (Å²) in [7, 11) is 0. The zero-order valence-corrected chi connectivity index (χ0v) is 14.5. The number of hydrogen-bond acceptors (Lipinski definition) is 3. The Hall–Kier alpha value is -2.66. The van der Waals surface area contributed by atoms with Crippen LogP contribution < -0.4 is 10.7 Å². The Labute approximate surface area is 151 Å². The molecule has 0 heterocycles. The van der Waals surface area contributed by atoms with Crippen molar-refractivity contribution in [3.63, 3.8) is 0 Å². The van der Waals surface area contributed by atoms with Crippen LogP contribution in [0.25, 0.3) is 0 Å². The van der Waals surface area contributed by atoms with Crippen LogP contribution in [0, 0.1) is 5.92 Å². The Morgan fingerprint density at radius 1 is 1.08 bits per heavy atom. The van der Waals surface area contributed by atoms with Gasteiger partial charge in [0.2, 0.25) is 5.91 Å². The van der Waals surface area contributed by atoms with Gasteiger partial charge in [0.05, 0.1) is 5.71 Å². The Kier molecular flexibility index (Phi) is 5.14. The van der Waals surface area contributed by atoms with Crippen molar-refractivity contribution in [1.82, 2.24) is 5.43 Å². The zero-order valence-electron chi connectivity index (χ0n) is 13.8. The van der Waals surface area contributed by atoms with E-state index in [-0.39, 0.29) is 17.7 Å². The lowest BCUT2D eigenvalue weighted by Crippen LogP contribution is -2.19. The lowest BCUT2D eigenvalue weighted by atomic mass is 10.1. The number of anilines is 1. The minimum atomic E-state index is -0.311. The van der Waals surface area contributed by atoms with Gasteiger partial charge in [-0.15, -0.1) is 0 Å². The number of amides is 2. The van der Waals surface area contributed by atoms with Crippen molar-refractivity contribution in [3.05, 3.63) is 64.7 Å². The van der Waals surface area contributed by atoms with Crippen LogP contribution in [0.2, 0.25) is 5.02 Å². The van der Waals surface area contributed by atoms with Gasteiger partial charge in [-0.2, -0.15) is 5.10 Å². The van der Waals surface area contributed by atoms with Gasteiger partial charge in [0.15, 0.2) is 0 Å². The summed E-state index contributed by atoms with van der Waals surface area (Å²) in [4.78, 5) is 23.9. The van der Waals surface area contributed by atoms with Crippen LogP contribution in [0.3, 0.4) is 0 Å². The predicted molar refractivity (Wildman–Crippen MR) is 98.9 cm³/mol. The Morgan fingerprint density at radius 2 is 1.80 bits per heavy atom. The molecule has 2 N–H and O–H groups in total. The van der Waals surface area contributed by atoms with Crippen LogP contribution in [-0.2, 0) is 4.79 Å². The summed E-state index contributed by atoms with van der Waals surface area (Å²) in [6.45, 7) is 1.80. The van der Waals surface area contributed by atoms with Gasteiger partial charge in [0.25, 0.3) is 5.91 Å². The average Bonchev–Trinajstić information content (AvgIpc) is 3.45. The van der Waals surface area contributed by atoms with Gasteiger partial charge >= 0.3 is 0 Å². The van der Waals surface area contributed by atoms with Crippen molar-refractivity contribution in [2.24, 2.45) is 11.0 Å². The van der Waals surface area contributed by atoms with E-state index >= 15 is 0 Å². The summed E-state index contributed by atoms with van der Waals surface area (Å²) in [5.41, 5.74) is 5.20. The van der Waals surface area contributed by atoms with E-state index in [1.54, 1.807) is 31.2 Å². The number of carbonyl (C=O) groups excluding carboxylic acids is 2. The zero-order chi connectivity index (χ0) is 17.8. The minimum Gasteiger partial charge on any atom is -0.326 e. The van der Waals surface area contributed by atoms with Gasteiger partial charge in [-0.05, 0) is 61.7 Å². The molecule has 1 fully saturated rings. The molecule has 0 radical (unpaired) electrons. The first-order valence-corrected chi connectivity index (χ1v) is 8.42. The number of hydrazone groups is 1. The molecule has 128 valence electrons. The number of nitrogens with one attached hydrogen (secondary N) is 2. The van der Waals surface area contributed by atoms with E-state index in [0.717, 1.165) is 24.1 Å². The van der Waals surface area contributed by atoms with Crippen LogP contribution in [0.15, 0.2) is 53.6 Å². The first-order valence-electron chi connectivity index (χ1n) is 8.04. The van der Waals surface area contributed by atoms with Crippen LogP contribution >= 0.6 is 11.6 Å². The molecule has 0 unspecified atom stereocenters. The quantitative estimate of drug-likeness (QED) is 0.631. The Balaban J connectivity index is 1.66. The molecule has 1 saturated carbocycles. The maximum absolute atomic E-state index is 12.1. The van der Waals surface area contributed by atoms with Crippen molar-refractivity contribution in [1.29, 1.82) is 0 Å². The third-order valence-corrected chi connectivity index (χ3v) is 4.18. The summed E-state index contributed by atoms with van der Waals surface area (Å²) in [5.74, 6) is -0.103. The Bertz CT molecular complexity index is 827. The highest BCUT2D eigenvalue weighted by Gasteiger charge is 2.29. The monoisotopic (exact) mass is 355 g/mol. The normalized spacial score (nSPS) is 14.1. The smallest absolute Gasteiger partial charge is 0.271 e. The summed E-state index contributed by atoms with van der Waals surface area (Å²) >= 11 is 5.81. The van der Waals surface area contributed by atoms with Crippen molar-refractivity contribution in [2.45, 2.75) is 19.8 Å². The minimum absolute atomic E-state index is 0.0581. The molecule has 0 atom stereocenters. The molecule has 3 rings (SSSR count). The number of hydrogen-bond donors (Lipinski definition) is 2. The van der Waals surface area contributed by atoms with Gasteiger partial charge in [-0.3, -0.25) is 9.59 Å². The highest BCUT2D eigenvalue weighted by molar-refractivity contribution is 6.30. The third-order valence-electron chi connectivity index (χ3n) is 3.93. The molecule has 2 aromatic rings. The van der Waals surface area contributed by atoms with E-state index in [1.807, 2.05) is 24.3 Å². The summed E-state index contributed by atoms with van der Waals surface area (Å²) in [5, 5.41) is 7.60. The van der Waals surface area contributed by atoms with Crippen molar-refractivity contribution in [2.75, 3.05) is 5.32 Å². The summed E-state index contributed by atoms with van der Waals surface area (Å²) < 4.78 is 0. The number of carbonyl (C=O) groups is 2. The van der Waals surface area contributed by atoms with Crippen molar-refractivity contribution in [3.8, 4) is 0 Å². The number of benzene rings is 2. The molecule has 0 aliphatic heterocycles. The predicted octanol–water partition coefficient (Wildman–Crippen LogP) is 3.84. The number of nitrogens with zero attached hydrogens (tertiary/aromatic N) is 1. The third kappa shape index (κ3) is 4.67. The Morgan fingerprint density at radius 3 is 2.48 bits per heavy atom. The van der Waals surface area contributed by atoms with E-state index < -0.39 is 0 Å². The molecule has 2 aromatic carbocycles. The molecule has 5 nitrogen and oxygen atoms in total. The fourth-order valence-corrected chi connectivity index (χ4v) is 2.40. The van der Waals surface area contributed by atoms with Crippen LogP contribution in [0.4, 0.5) is 5.69 Å². The number of halogens is 1. The second kappa shape index (κ2) is 7.49. The molecule has 1 aliphatic carbocycles. The van der Waals surface area contributed by atoms with Gasteiger partial charge in [0, 0.05) is 22.2 Å². The summed E-state index contributed by atoms with van der Waals surface area (Å²) in [6.07, 6.45) is 1.92. The maximum Gasteiger partial charge on any atom is 0.271 e. The molecule has 0 spiro atoms. The second-order valence-electron chi connectivity index (χ2n) is 5.99. The van der Waals surface area contributed by atoms with Crippen LogP contribution in [-0.4, -0.2) is 17.5 Å². The number of rotatable bonds is 5.